The first kappa shape index (κ1) is 19.0. The summed E-state index contributed by atoms with van der Waals surface area (Å²) in [6.07, 6.45) is 2.75. The summed E-state index contributed by atoms with van der Waals surface area (Å²) in [5.41, 5.74) is 0.593. The summed E-state index contributed by atoms with van der Waals surface area (Å²) < 4.78 is 42.7. The van der Waals surface area contributed by atoms with Crippen LogP contribution >= 0.6 is 0 Å². The molecule has 0 fully saturated rings. The Labute approximate surface area is 134 Å². The minimum absolute atomic E-state index is 0.125. The molecule has 0 aromatic carbocycles. The van der Waals surface area contributed by atoms with E-state index >= 15 is 0 Å². The summed E-state index contributed by atoms with van der Waals surface area (Å²) in [5, 5.41) is 20.4. The quantitative estimate of drug-likeness (QED) is 0.524. The normalized spacial score (nSPS) is 11.4. The molecular weight excluding hydrogens is 344 g/mol. The number of hydrogen-bond acceptors (Lipinski definition) is 6. The van der Waals surface area contributed by atoms with Crippen LogP contribution in [0.15, 0.2) is 48.8 Å². The lowest BCUT2D eigenvalue weighted by atomic mass is 10.4. The Kier molecular flexibility index (Phi) is 6.57. The molecule has 0 amide bonds. The van der Waals surface area contributed by atoms with E-state index in [2.05, 4.69) is 4.98 Å². The minimum atomic E-state index is -3.62. The van der Waals surface area contributed by atoms with Crippen LogP contribution in [0.2, 0.25) is 0 Å². The molecule has 4 N–H and O–H groups in total. The molecule has 11 heteroatoms. The van der Waals surface area contributed by atoms with E-state index in [-0.39, 0.29) is 11.4 Å². The lowest BCUT2D eigenvalue weighted by molar-refractivity contribution is -0.612. The van der Waals surface area contributed by atoms with Crippen LogP contribution in [0.1, 0.15) is 11.4 Å². The number of hydrogen-bond donors (Lipinski definition) is 2. The second kappa shape index (κ2) is 7.97. The summed E-state index contributed by atoms with van der Waals surface area (Å²) in [5.74, 6) is -0.634. The minimum Gasteiger partial charge on any atom is -0.618 e. The monoisotopic (exact) mass is 360 g/mol. The molecule has 0 aliphatic heterocycles. The Bertz CT molecular complexity index is 839. The van der Waals surface area contributed by atoms with Crippen molar-refractivity contribution in [2.24, 2.45) is 10.3 Å². The van der Waals surface area contributed by atoms with Gasteiger partial charge >= 0.3 is 0 Å². The van der Waals surface area contributed by atoms with Crippen molar-refractivity contribution in [3.05, 3.63) is 65.4 Å². The topological polar surface area (TPSA) is 160 Å². The van der Waals surface area contributed by atoms with Gasteiger partial charge in [0.15, 0.2) is 6.20 Å². The van der Waals surface area contributed by atoms with Crippen LogP contribution in [0.4, 0.5) is 0 Å². The van der Waals surface area contributed by atoms with E-state index in [0.29, 0.717) is 10.4 Å². The zero-order valence-corrected chi connectivity index (χ0v) is 13.6. The second-order valence-electron chi connectivity index (χ2n) is 4.45. The first-order valence-electron chi connectivity index (χ1n) is 6.15. The fourth-order valence-electron chi connectivity index (χ4n) is 1.47. The number of primary sulfonamides is 2. The van der Waals surface area contributed by atoms with E-state index in [1.807, 2.05) is 0 Å². The van der Waals surface area contributed by atoms with Crippen molar-refractivity contribution in [2.45, 2.75) is 11.5 Å². The maximum atomic E-state index is 10.9. The van der Waals surface area contributed by atoms with Crippen LogP contribution in [-0.2, 0) is 31.6 Å². The molecule has 0 spiro atoms. The van der Waals surface area contributed by atoms with Gasteiger partial charge < -0.3 is 5.21 Å². The lowest BCUT2D eigenvalue weighted by Gasteiger charge is -2.01. The van der Waals surface area contributed by atoms with E-state index in [1.165, 1.54) is 24.5 Å². The second-order valence-corrected chi connectivity index (χ2v) is 7.68. The van der Waals surface area contributed by atoms with Crippen molar-refractivity contribution < 1.29 is 21.6 Å². The number of rotatable bonds is 4. The molecule has 2 aromatic heterocycles. The molecule has 0 saturated carbocycles. The van der Waals surface area contributed by atoms with E-state index in [4.69, 9.17) is 10.3 Å². The first-order valence-corrected chi connectivity index (χ1v) is 9.58. The number of pyridine rings is 2. The van der Waals surface area contributed by atoms with Crippen LogP contribution in [0, 0.1) is 5.21 Å². The Balaban J connectivity index is 0.000000231. The van der Waals surface area contributed by atoms with Gasteiger partial charge in [0.1, 0.15) is 11.5 Å². The fraction of sp³-hybridized carbons (Fsp3) is 0.167. The van der Waals surface area contributed by atoms with Gasteiger partial charge in [-0.05, 0) is 18.2 Å². The zero-order valence-electron chi connectivity index (χ0n) is 11.9. The average molecular weight is 360 g/mol. The van der Waals surface area contributed by atoms with Crippen LogP contribution in [0.3, 0.4) is 0 Å². The van der Waals surface area contributed by atoms with Gasteiger partial charge in [-0.2, -0.15) is 4.73 Å². The van der Waals surface area contributed by atoms with Crippen LogP contribution in [0.5, 0.6) is 0 Å². The van der Waals surface area contributed by atoms with Gasteiger partial charge in [-0.25, -0.2) is 27.1 Å². The Morgan fingerprint density at radius 2 is 1.57 bits per heavy atom. The smallest absolute Gasteiger partial charge is 0.219 e. The Morgan fingerprint density at radius 3 is 2.04 bits per heavy atom. The summed E-state index contributed by atoms with van der Waals surface area (Å²) >= 11 is 0. The summed E-state index contributed by atoms with van der Waals surface area (Å²) in [6.45, 7) is 0. The van der Waals surface area contributed by atoms with Crippen molar-refractivity contribution in [3.63, 3.8) is 0 Å². The van der Waals surface area contributed by atoms with Crippen molar-refractivity contribution in [3.8, 4) is 0 Å². The molecular formula is C12H16N4O5S2. The molecule has 0 saturated heterocycles. The maximum Gasteiger partial charge on any atom is 0.219 e. The maximum absolute atomic E-state index is 10.9. The molecule has 23 heavy (non-hydrogen) atoms. The predicted molar refractivity (Wildman–Crippen MR) is 83.3 cm³/mol. The van der Waals surface area contributed by atoms with E-state index in [0.717, 1.165) is 0 Å². The van der Waals surface area contributed by atoms with E-state index in [9.17, 15) is 22.0 Å². The standard InChI is InChI=1S/C6H8N2O3S.C6H8N2O2S/c7-12(10,11)5-6-3-1-2-4-8(6)9;7-11(9,10)5-6-3-1-2-4-8-6/h1-4H,5H2,(H2,7,10,11);1-4H,5H2,(H2,7,9,10). The van der Waals surface area contributed by atoms with Crippen molar-refractivity contribution in [1.29, 1.82) is 0 Å². The molecule has 2 rings (SSSR count). The van der Waals surface area contributed by atoms with E-state index < -0.39 is 25.8 Å². The average Bonchev–Trinajstić information content (AvgIpc) is 2.40. The third-order valence-corrected chi connectivity index (χ3v) is 3.72. The third kappa shape index (κ3) is 8.83. The van der Waals surface area contributed by atoms with Gasteiger partial charge in [0.05, 0.1) is 5.69 Å². The van der Waals surface area contributed by atoms with Gasteiger partial charge in [0.2, 0.25) is 25.7 Å². The van der Waals surface area contributed by atoms with Crippen LogP contribution in [0.25, 0.3) is 0 Å². The van der Waals surface area contributed by atoms with Gasteiger partial charge in [0.25, 0.3) is 0 Å². The van der Waals surface area contributed by atoms with Crippen LogP contribution < -0.4 is 15.0 Å². The van der Waals surface area contributed by atoms with Gasteiger partial charge in [0, 0.05) is 18.3 Å². The van der Waals surface area contributed by atoms with Crippen molar-refractivity contribution in [1.82, 2.24) is 4.98 Å². The Morgan fingerprint density at radius 1 is 0.957 bits per heavy atom. The number of nitrogens with zero attached hydrogens (tertiary/aromatic N) is 2. The number of nitrogens with two attached hydrogens (primary N) is 2. The molecule has 126 valence electrons. The molecule has 0 unspecified atom stereocenters. The van der Waals surface area contributed by atoms with Gasteiger partial charge in [-0.3, -0.25) is 4.98 Å². The summed E-state index contributed by atoms with van der Waals surface area (Å²) in [4.78, 5) is 3.80. The molecule has 0 radical (unpaired) electrons. The highest BCUT2D eigenvalue weighted by atomic mass is 32.2. The number of sulfonamides is 2. The Hall–Kier alpha value is -2.08. The fourth-order valence-corrected chi connectivity index (χ4v) is 2.69. The molecule has 2 aromatic rings. The third-order valence-electron chi connectivity index (χ3n) is 2.33. The highest BCUT2D eigenvalue weighted by molar-refractivity contribution is 7.88. The van der Waals surface area contributed by atoms with Crippen molar-refractivity contribution >= 4 is 20.0 Å². The molecule has 0 aliphatic carbocycles. The highest BCUT2D eigenvalue weighted by Crippen LogP contribution is 1.97. The zero-order chi connectivity index (χ0) is 17.5. The molecule has 0 bridgehead atoms. The van der Waals surface area contributed by atoms with Gasteiger partial charge in [-0.1, -0.05) is 6.07 Å². The molecule has 9 nitrogen and oxygen atoms in total. The lowest BCUT2D eigenvalue weighted by Crippen LogP contribution is -2.33. The molecule has 0 atom stereocenters. The van der Waals surface area contributed by atoms with Crippen molar-refractivity contribution in [2.75, 3.05) is 0 Å². The SMILES string of the molecule is NS(=O)(=O)Cc1cccc[n+]1[O-].NS(=O)(=O)Cc1ccccn1. The predicted octanol–water partition coefficient (Wildman–Crippen LogP) is -1.02. The molecule has 2 heterocycles. The molecule has 0 aliphatic rings. The van der Waals surface area contributed by atoms with Crippen LogP contribution in [-0.4, -0.2) is 21.8 Å². The summed E-state index contributed by atoms with van der Waals surface area (Å²) in [7, 11) is -7.06. The van der Waals surface area contributed by atoms with E-state index in [1.54, 1.807) is 24.3 Å². The number of aromatic nitrogens is 2. The largest absolute Gasteiger partial charge is 0.618 e. The summed E-state index contributed by atoms with van der Waals surface area (Å²) in [6, 6.07) is 9.55. The highest BCUT2D eigenvalue weighted by Gasteiger charge is 2.11. The van der Waals surface area contributed by atoms with Gasteiger partial charge in [-0.15, -0.1) is 0 Å². The first-order chi connectivity index (χ1) is 10.6.